The molecule has 4 rings (SSSR count). The van der Waals surface area contributed by atoms with Gasteiger partial charge in [0.2, 0.25) is 10.0 Å². The third kappa shape index (κ3) is 4.15. The number of sulfonamides is 1. The zero-order valence-corrected chi connectivity index (χ0v) is 17.8. The van der Waals surface area contributed by atoms with E-state index in [9.17, 15) is 8.42 Å². The minimum Gasteiger partial charge on any atom is -0.497 e. The highest BCUT2D eigenvalue weighted by Gasteiger charge is 2.29. The minimum absolute atomic E-state index is 0.338. The highest BCUT2D eigenvalue weighted by Crippen LogP contribution is 2.25. The van der Waals surface area contributed by atoms with Crippen LogP contribution in [0.15, 0.2) is 65.8 Å². The second-order valence-corrected chi connectivity index (χ2v) is 9.13. The Kier molecular flexibility index (Phi) is 5.69. The summed E-state index contributed by atoms with van der Waals surface area (Å²) in [6.45, 7) is 3.92. The molecule has 0 bridgehead atoms. The van der Waals surface area contributed by atoms with E-state index < -0.39 is 10.0 Å². The fraction of sp³-hybridized carbons (Fsp3) is 0.273. The number of rotatable bonds is 5. The van der Waals surface area contributed by atoms with Gasteiger partial charge in [0.1, 0.15) is 17.9 Å². The second-order valence-electron chi connectivity index (χ2n) is 7.19. The fourth-order valence-electron chi connectivity index (χ4n) is 3.46. The molecule has 0 N–H and O–H groups in total. The number of ether oxygens (including phenoxy) is 1. The number of aryl methyl sites for hydroxylation is 1. The Morgan fingerprint density at radius 1 is 0.900 bits per heavy atom. The number of methoxy groups -OCH3 is 1. The summed E-state index contributed by atoms with van der Waals surface area (Å²) >= 11 is 0. The van der Waals surface area contributed by atoms with E-state index in [4.69, 9.17) is 4.74 Å². The fourth-order valence-corrected chi connectivity index (χ4v) is 4.88. The van der Waals surface area contributed by atoms with Crippen LogP contribution in [0.4, 0.5) is 5.82 Å². The van der Waals surface area contributed by atoms with Gasteiger partial charge in [-0.25, -0.2) is 18.4 Å². The summed E-state index contributed by atoms with van der Waals surface area (Å²) in [7, 11) is -1.84. The van der Waals surface area contributed by atoms with E-state index in [0.29, 0.717) is 31.1 Å². The number of benzene rings is 2. The average molecular weight is 425 g/mol. The molecular weight excluding hydrogens is 400 g/mol. The zero-order chi connectivity index (χ0) is 21.1. The van der Waals surface area contributed by atoms with E-state index >= 15 is 0 Å². The van der Waals surface area contributed by atoms with Gasteiger partial charge in [0.15, 0.2) is 0 Å². The van der Waals surface area contributed by atoms with Gasteiger partial charge in [0, 0.05) is 37.8 Å². The lowest BCUT2D eigenvalue weighted by molar-refractivity contribution is 0.384. The van der Waals surface area contributed by atoms with Crippen LogP contribution >= 0.6 is 0 Å². The highest BCUT2D eigenvalue weighted by atomic mass is 32.2. The molecule has 0 unspecified atom stereocenters. The van der Waals surface area contributed by atoms with Crippen molar-refractivity contribution < 1.29 is 13.2 Å². The van der Waals surface area contributed by atoms with Gasteiger partial charge in [0.25, 0.3) is 0 Å². The van der Waals surface area contributed by atoms with Crippen LogP contribution in [-0.4, -0.2) is 56.0 Å². The van der Waals surface area contributed by atoms with Gasteiger partial charge >= 0.3 is 0 Å². The van der Waals surface area contributed by atoms with Gasteiger partial charge in [-0.15, -0.1) is 0 Å². The first-order valence-electron chi connectivity index (χ1n) is 9.75. The van der Waals surface area contributed by atoms with Crippen LogP contribution in [0.2, 0.25) is 0 Å². The quantitative estimate of drug-likeness (QED) is 0.627. The van der Waals surface area contributed by atoms with Gasteiger partial charge in [-0.1, -0.05) is 17.7 Å². The molecule has 0 saturated carbocycles. The summed E-state index contributed by atoms with van der Waals surface area (Å²) < 4.78 is 32.6. The Hall–Kier alpha value is -2.97. The molecule has 156 valence electrons. The van der Waals surface area contributed by atoms with E-state index in [-0.39, 0.29) is 0 Å². The molecule has 0 amide bonds. The zero-order valence-electron chi connectivity index (χ0n) is 17.0. The van der Waals surface area contributed by atoms with Crippen LogP contribution in [0.1, 0.15) is 5.56 Å². The Morgan fingerprint density at radius 3 is 2.20 bits per heavy atom. The summed E-state index contributed by atoms with van der Waals surface area (Å²) in [5, 5.41) is 0. The molecule has 1 aliphatic rings. The lowest BCUT2D eigenvalue weighted by atomic mass is 10.1. The van der Waals surface area contributed by atoms with Crippen molar-refractivity contribution in [3.8, 4) is 17.0 Å². The van der Waals surface area contributed by atoms with Crippen LogP contribution in [0.5, 0.6) is 5.75 Å². The van der Waals surface area contributed by atoms with Crippen molar-refractivity contribution >= 4 is 15.8 Å². The average Bonchev–Trinajstić information content (AvgIpc) is 2.79. The second kappa shape index (κ2) is 8.41. The smallest absolute Gasteiger partial charge is 0.243 e. The molecule has 2 aromatic carbocycles. The predicted molar refractivity (Wildman–Crippen MR) is 116 cm³/mol. The topological polar surface area (TPSA) is 75.6 Å². The van der Waals surface area contributed by atoms with Crippen LogP contribution in [0.25, 0.3) is 11.3 Å². The number of nitrogens with zero attached hydrogens (tertiary/aromatic N) is 4. The summed E-state index contributed by atoms with van der Waals surface area (Å²) in [6, 6.07) is 16.6. The van der Waals surface area contributed by atoms with Crippen molar-refractivity contribution in [2.75, 3.05) is 38.2 Å². The molecule has 7 nitrogen and oxygen atoms in total. The van der Waals surface area contributed by atoms with Crippen LogP contribution < -0.4 is 9.64 Å². The highest BCUT2D eigenvalue weighted by molar-refractivity contribution is 7.89. The van der Waals surface area contributed by atoms with Crippen molar-refractivity contribution in [3.05, 3.63) is 66.5 Å². The van der Waals surface area contributed by atoms with Crippen molar-refractivity contribution in [3.63, 3.8) is 0 Å². The van der Waals surface area contributed by atoms with Gasteiger partial charge in [-0.05, 0) is 43.3 Å². The standard InChI is InChI=1S/C22H24N4O3S/c1-17-3-9-20(10-4-17)30(27,28)26-13-11-25(12-14-26)22-15-21(23-16-24-22)18-5-7-19(29-2)8-6-18/h3-10,15-16H,11-14H2,1-2H3. The van der Waals surface area contributed by atoms with Crippen LogP contribution in [0.3, 0.4) is 0 Å². The summed E-state index contributed by atoms with van der Waals surface area (Å²) in [4.78, 5) is 11.2. The van der Waals surface area contributed by atoms with E-state index in [1.54, 1.807) is 29.9 Å². The lowest BCUT2D eigenvalue weighted by Crippen LogP contribution is -2.48. The maximum atomic E-state index is 12.9. The summed E-state index contributed by atoms with van der Waals surface area (Å²) in [6.07, 6.45) is 1.55. The molecule has 0 atom stereocenters. The molecular formula is C22H24N4O3S. The lowest BCUT2D eigenvalue weighted by Gasteiger charge is -2.34. The molecule has 2 heterocycles. The van der Waals surface area contributed by atoms with Crippen molar-refractivity contribution in [2.24, 2.45) is 0 Å². The number of piperazine rings is 1. The number of hydrogen-bond donors (Lipinski definition) is 0. The molecule has 8 heteroatoms. The monoisotopic (exact) mass is 424 g/mol. The Morgan fingerprint density at radius 2 is 1.57 bits per heavy atom. The van der Waals surface area contributed by atoms with Crippen molar-refractivity contribution in [2.45, 2.75) is 11.8 Å². The minimum atomic E-state index is -3.48. The first kappa shape index (κ1) is 20.3. The number of anilines is 1. The Balaban J connectivity index is 1.47. The third-order valence-electron chi connectivity index (χ3n) is 5.26. The van der Waals surface area contributed by atoms with Crippen LogP contribution in [-0.2, 0) is 10.0 Å². The van der Waals surface area contributed by atoms with Crippen molar-refractivity contribution in [1.29, 1.82) is 0 Å². The van der Waals surface area contributed by atoms with Gasteiger partial charge in [-0.3, -0.25) is 0 Å². The van der Waals surface area contributed by atoms with Gasteiger partial charge in [-0.2, -0.15) is 4.31 Å². The Bertz CT molecular complexity index is 1110. The molecule has 0 aliphatic carbocycles. The van der Waals surface area contributed by atoms with E-state index in [1.165, 1.54) is 0 Å². The molecule has 1 aliphatic heterocycles. The molecule has 0 radical (unpaired) electrons. The number of hydrogen-bond acceptors (Lipinski definition) is 6. The molecule has 0 spiro atoms. The maximum Gasteiger partial charge on any atom is 0.243 e. The maximum absolute atomic E-state index is 12.9. The molecule has 1 aromatic heterocycles. The third-order valence-corrected chi connectivity index (χ3v) is 7.17. The first-order valence-corrected chi connectivity index (χ1v) is 11.2. The van der Waals surface area contributed by atoms with E-state index in [2.05, 4.69) is 14.9 Å². The van der Waals surface area contributed by atoms with E-state index in [1.807, 2.05) is 49.4 Å². The molecule has 1 saturated heterocycles. The van der Waals surface area contributed by atoms with Crippen molar-refractivity contribution in [1.82, 2.24) is 14.3 Å². The van der Waals surface area contributed by atoms with E-state index in [0.717, 1.165) is 28.4 Å². The summed E-state index contributed by atoms with van der Waals surface area (Å²) in [5.74, 6) is 1.59. The largest absolute Gasteiger partial charge is 0.497 e. The molecule has 1 fully saturated rings. The molecule has 30 heavy (non-hydrogen) atoms. The SMILES string of the molecule is COc1ccc(-c2cc(N3CCN(S(=O)(=O)c4ccc(C)cc4)CC3)ncn2)cc1. The normalized spacial score (nSPS) is 15.2. The van der Waals surface area contributed by atoms with Crippen LogP contribution in [0, 0.1) is 6.92 Å². The van der Waals surface area contributed by atoms with Gasteiger partial charge in [0.05, 0.1) is 17.7 Å². The first-order chi connectivity index (χ1) is 14.5. The Labute approximate surface area is 177 Å². The summed E-state index contributed by atoms with van der Waals surface area (Å²) in [5.41, 5.74) is 2.83. The molecule has 3 aromatic rings. The van der Waals surface area contributed by atoms with Gasteiger partial charge < -0.3 is 9.64 Å². The predicted octanol–water partition coefficient (Wildman–Crippen LogP) is 2.97. The number of aromatic nitrogens is 2.